The minimum Gasteiger partial charge on any atom is -0.496 e. The molecule has 0 atom stereocenters. The molecule has 0 saturated heterocycles. The van der Waals surface area contributed by atoms with Gasteiger partial charge in [0.25, 0.3) is 0 Å². The van der Waals surface area contributed by atoms with Gasteiger partial charge in [-0.1, -0.05) is 97.1 Å². The maximum absolute atomic E-state index is 5.77. The van der Waals surface area contributed by atoms with Gasteiger partial charge in [-0.05, 0) is 57.3 Å². The molecule has 0 aliphatic rings. The topological polar surface area (TPSA) is 18.5 Å². The Bertz CT molecular complexity index is 1050. The fourth-order valence-electron chi connectivity index (χ4n) is 4.09. The van der Waals surface area contributed by atoms with Gasteiger partial charge < -0.3 is 9.47 Å². The second kappa shape index (κ2) is 12.0. The number of ether oxygens (including phenoxy) is 2. The van der Waals surface area contributed by atoms with Gasteiger partial charge in [-0.3, -0.25) is 0 Å². The van der Waals surface area contributed by atoms with Gasteiger partial charge in [-0.15, -0.1) is 0 Å². The predicted octanol–water partition coefficient (Wildman–Crippen LogP) is 5.66. The third-order valence-corrected chi connectivity index (χ3v) is 10.9. The van der Waals surface area contributed by atoms with Crippen LogP contribution in [-0.4, -0.2) is 26.5 Å². The maximum atomic E-state index is 5.77. The van der Waals surface area contributed by atoms with E-state index in [2.05, 4.69) is 97.1 Å². The molecule has 4 rings (SSSR count). The van der Waals surface area contributed by atoms with Crippen LogP contribution in [0.5, 0.6) is 11.5 Å². The Hall–Kier alpha value is -2.66. The molecule has 0 aliphatic heterocycles. The molecule has 2 nitrogen and oxygen atoms in total. The molecule has 0 N–H and O–H groups in total. The predicted molar refractivity (Wildman–Crippen MR) is 146 cm³/mol. The van der Waals surface area contributed by atoms with E-state index in [9.17, 15) is 0 Å². The Morgan fingerprint density at radius 1 is 0.485 bits per heavy atom. The van der Waals surface area contributed by atoms with Crippen LogP contribution in [0, 0.1) is 0 Å². The van der Waals surface area contributed by atoms with Crippen molar-refractivity contribution in [3.8, 4) is 11.5 Å². The minimum atomic E-state index is -0.612. The zero-order chi connectivity index (χ0) is 22.9. The van der Waals surface area contributed by atoms with Gasteiger partial charge in [0.05, 0.1) is 14.2 Å². The fourth-order valence-corrected chi connectivity index (χ4v) is 9.30. The van der Waals surface area contributed by atoms with Crippen LogP contribution >= 0.6 is 15.8 Å². The van der Waals surface area contributed by atoms with Crippen molar-refractivity contribution in [2.45, 2.75) is 6.42 Å². The SMILES string of the molecule is COc1ccccc1P(CCCP(c1ccccc1)c1ccccc1)c1ccccc1OC. The molecule has 4 aromatic carbocycles. The Kier molecular flexibility index (Phi) is 8.53. The summed E-state index contributed by atoms with van der Waals surface area (Å²) < 4.78 is 11.5. The zero-order valence-corrected chi connectivity index (χ0v) is 21.0. The average Bonchev–Trinajstić information content (AvgIpc) is 2.90. The van der Waals surface area contributed by atoms with E-state index in [1.165, 1.54) is 21.2 Å². The van der Waals surface area contributed by atoms with Crippen molar-refractivity contribution < 1.29 is 9.47 Å². The molecule has 0 aromatic heterocycles. The summed E-state index contributed by atoms with van der Waals surface area (Å²) in [6, 6.07) is 38.8. The molecule has 33 heavy (non-hydrogen) atoms. The minimum absolute atomic E-state index is 0.394. The van der Waals surface area contributed by atoms with Gasteiger partial charge in [0.15, 0.2) is 0 Å². The van der Waals surface area contributed by atoms with Crippen LogP contribution in [0.4, 0.5) is 0 Å². The third-order valence-electron chi connectivity index (χ3n) is 5.65. The molecule has 0 bridgehead atoms. The van der Waals surface area contributed by atoms with Gasteiger partial charge in [0.1, 0.15) is 11.5 Å². The molecule has 0 fully saturated rings. The summed E-state index contributed by atoms with van der Waals surface area (Å²) in [5, 5.41) is 5.45. The largest absolute Gasteiger partial charge is 0.496 e. The van der Waals surface area contributed by atoms with Crippen LogP contribution in [0.3, 0.4) is 0 Å². The molecule has 4 heteroatoms. The van der Waals surface area contributed by atoms with E-state index in [1.807, 2.05) is 12.1 Å². The van der Waals surface area contributed by atoms with E-state index in [0.717, 1.165) is 30.2 Å². The summed E-state index contributed by atoms with van der Waals surface area (Å²) in [6.07, 6.45) is 3.39. The third kappa shape index (κ3) is 5.83. The highest BCUT2D eigenvalue weighted by atomic mass is 31.1. The highest BCUT2D eigenvalue weighted by molar-refractivity contribution is 7.74. The maximum Gasteiger partial charge on any atom is 0.126 e. The molecular formula is C29H30O2P2. The molecule has 0 saturated carbocycles. The van der Waals surface area contributed by atoms with Gasteiger partial charge in [-0.25, -0.2) is 0 Å². The molecule has 0 radical (unpaired) electrons. The van der Waals surface area contributed by atoms with Crippen molar-refractivity contribution in [1.82, 2.24) is 0 Å². The van der Waals surface area contributed by atoms with Crippen molar-refractivity contribution in [2.24, 2.45) is 0 Å². The lowest BCUT2D eigenvalue weighted by Crippen LogP contribution is -2.19. The summed E-state index contributed by atoms with van der Waals surface area (Å²) in [7, 11) is 2.52. The monoisotopic (exact) mass is 472 g/mol. The van der Waals surface area contributed by atoms with Gasteiger partial charge in [-0.2, -0.15) is 0 Å². The van der Waals surface area contributed by atoms with Crippen molar-refractivity contribution in [1.29, 1.82) is 0 Å². The van der Waals surface area contributed by atoms with E-state index in [4.69, 9.17) is 9.47 Å². The van der Waals surface area contributed by atoms with Gasteiger partial charge >= 0.3 is 0 Å². The van der Waals surface area contributed by atoms with Crippen LogP contribution in [0.15, 0.2) is 109 Å². The Morgan fingerprint density at radius 2 is 0.879 bits per heavy atom. The van der Waals surface area contributed by atoms with Gasteiger partial charge in [0.2, 0.25) is 0 Å². The molecule has 0 spiro atoms. The van der Waals surface area contributed by atoms with Crippen molar-refractivity contribution in [3.05, 3.63) is 109 Å². The number of hydrogen-bond donors (Lipinski definition) is 0. The molecule has 4 aromatic rings. The van der Waals surface area contributed by atoms with E-state index < -0.39 is 15.8 Å². The van der Waals surface area contributed by atoms with E-state index in [-0.39, 0.29) is 0 Å². The lowest BCUT2D eigenvalue weighted by molar-refractivity contribution is 0.417. The average molecular weight is 473 g/mol. The molecule has 168 valence electrons. The first-order chi connectivity index (χ1) is 16.3. The second-order valence-electron chi connectivity index (χ2n) is 7.67. The first-order valence-electron chi connectivity index (χ1n) is 11.2. The summed E-state index contributed by atoms with van der Waals surface area (Å²) in [5.41, 5.74) is 0. The van der Waals surface area contributed by atoms with Crippen LogP contribution in [0.25, 0.3) is 0 Å². The summed E-state index contributed by atoms with van der Waals surface area (Å²) >= 11 is 0. The molecule has 0 heterocycles. The quantitative estimate of drug-likeness (QED) is 0.277. The summed E-state index contributed by atoms with van der Waals surface area (Å²) in [5.74, 6) is 1.92. The highest BCUT2D eigenvalue weighted by Gasteiger charge is 2.22. The Labute approximate surface area is 200 Å². The van der Waals surface area contributed by atoms with Crippen molar-refractivity contribution >= 4 is 37.1 Å². The number of benzene rings is 4. The number of hydrogen-bond acceptors (Lipinski definition) is 2. The zero-order valence-electron chi connectivity index (χ0n) is 19.2. The fraction of sp³-hybridized carbons (Fsp3) is 0.172. The van der Waals surface area contributed by atoms with Crippen molar-refractivity contribution in [2.75, 3.05) is 26.5 Å². The normalized spacial score (nSPS) is 11.0. The van der Waals surface area contributed by atoms with E-state index in [0.29, 0.717) is 0 Å². The Balaban J connectivity index is 1.62. The standard InChI is InChI=1S/C29H30O2P2/c1-30-26-18-9-11-20-28(26)33(29-21-12-10-19-27(29)31-2)23-13-22-32(24-14-5-3-6-15-24)25-16-7-4-8-17-25/h3-12,14-21H,13,22-23H2,1-2H3. The number of para-hydroxylation sites is 2. The molecule has 0 aliphatic carbocycles. The van der Waals surface area contributed by atoms with Gasteiger partial charge in [0, 0.05) is 10.6 Å². The second-order valence-corrected chi connectivity index (χ2v) is 12.3. The molecule has 0 amide bonds. The van der Waals surface area contributed by atoms with E-state index >= 15 is 0 Å². The lowest BCUT2D eigenvalue weighted by atomic mass is 10.3. The summed E-state index contributed by atoms with van der Waals surface area (Å²) in [4.78, 5) is 0. The molecular weight excluding hydrogens is 442 g/mol. The molecule has 0 unspecified atom stereocenters. The smallest absolute Gasteiger partial charge is 0.126 e. The lowest BCUT2D eigenvalue weighted by Gasteiger charge is -2.24. The van der Waals surface area contributed by atoms with Crippen molar-refractivity contribution in [3.63, 3.8) is 0 Å². The first kappa shape index (κ1) is 23.5. The number of methoxy groups -OCH3 is 2. The highest BCUT2D eigenvalue weighted by Crippen LogP contribution is 2.43. The first-order valence-corrected chi connectivity index (χ1v) is 14.3. The number of rotatable bonds is 10. The van der Waals surface area contributed by atoms with Crippen LogP contribution in [-0.2, 0) is 0 Å². The van der Waals surface area contributed by atoms with E-state index in [1.54, 1.807) is 14.2 Å². The summed E-state index contributed by atoms with van der Waals surface area (Å²) in [6.45, 7) is 0. The van der Waals surface area contributed by atoms with Crippen LogP contribution in [0.2, 0.25) is 0 Å². The Morgan fingerprint density at radius 3 is 1.33 bits per heavy atom. The van der Waals surface area contributed by atoms with Crippen LogP contribution < -0.4 is 30.7 Å². The van der Waals surface area contributed by atoms with Crippen LogP contribution in [0.1, 0.15) is 6.42 Å².